The summed E-state index contributed by atoms with van der Waals surface area (Å²) in [7, 11) is 2.15. The molecule has 1 heterocycles. The average Bonchev–Trinajstić information content (AvgIpc) is 2.76. The summed E-state index contributed by atoms with van der Waals surface area (Å²) in [5.41, 5.74) is 3.44. The van der Waals surface area contributed by atoms with Gasteiger partial charge in [0.25, 0.3) is 0 Å². The highest BCUT2D eigenvalue weighted by atomic mass is 14.9. The van der Waals surface area contributed by atoms with Crippen LogP contribution in [0, 0.1) is 11.3 Å². The lowest BCUT2D eigenvalue weighted by Crippen LogP contribution is -2.08. The van der Waals surface area contributed by atoms with E-state index in [4.69, 9.17) is 5.26 Å². The molecule has 3 rings (SSSR count). The second-order valence-corrected chi connectivity index (χ2v) is 5.35. The summed E-state index contributed by atoms with van der Waals surface area (Å²) in [5, 5.41) is 10.2. The number of aryl methyl sites for hydroxylation is 1. The van der Waals surface area contributed by atoms with Gasteiger partial charge >= 0.3 is 0 Å². The third-order valence-electron chi connectivity index (χ3n) is 4.23. The van der Waals surface area contributed by atoms with Crippen LogP contribution in [-0.2, 0) is 7.05 Å². The van der Waals surface area contributed by atoms with Crippen molar-refractivity contribution in [1.29, 1.82) is 5.26 Å². The maximum atomic E-state index is 8.97. The van der Waals surface area contributed by atoms with Crippen LogP contribution in [0.4, 0.5) is 0 Å². The predicted molar refractivity (Wildman–Crippen MR) is 73.5 cm³/mol. The fourth-order valence-corrected chi connectivity index (χ4v) is 3.23. The van der Waals surface area contributed by atoms with Crippen molar-refractivity contribution in [2.24, 2.45) is 7.05 Å². The van der Waals surface area contributed by atoms with Gasteiger partial charge in [0.1, 0.15) is 0 Å². The smallest absolute Gasteiger partial charge is 0.0991 e. The van der Waals surface area contributed by atoms with E-state index in [1.54, 1.807) is 0 Å². The molecule has 1 fully saturated rings. The summed E-state index contributed by atoms with van der Waals surface area (Å²) in [5.74, 6) is 0.710. The van der Waals surface area contributed by atoms with E-state index < -0.39 is 0 Å². The maximum Gasteiger partial charge on any atom is 0.0991 e. The highest BCUT2D eigenvalue weighted by Crippen LogP contribution is 2.35. The standard InChI is InChI=1S/C16H18N2/c1-18-15-8-7-12(11-17)9-14(15)10-16(18)13-5-3-2-4-6-13/h7-10,13H,2-6H2,1H3. The van der Waals surface area contributed by atoms with Gasteiger partial charge in [0.15, 0.2) is 0 Å². The highest BCUT2D eigenvalue weighted by Gasteiger charge is 2.19. The molecule has 1 aromatic heterocycles. The minimum Gasteiger partial charge on any atom is -0.347 e. The monoisotopic (exact) mass is 238 g/mol. The molecule has 1 aromatic carbocycles. The molecule has 0 unspecified atom stereocenters. The van der Waals surface area contributed by atoms with Crippen molar-refractivity contribution in [2.45, 2.75) is 38.0 Å². The van der Waals surface area contributed by atoms with Gasteiger partial charge in [-0.2, -0.15) is 5.26 Å². The Morgan fingerprint density at radius 1 is 1.17 bits per heavy atom. The van der Waals surface area contributed by atoms with Gasteiger partial charge in [-0.15, -0.1) is 0 Å². The first-order valence-corrected chi connectivity index (χ1v) is 6.79. The lowest BCUT2D eigenvalue weighted by Gasteiger charge is -2.22. The van der Waals surface area contributed by atoms with Crippen molar-refractivity contribution < 1.29 is 0 Å². The number of benzene rings is 1. The fourth-order valence-electron chi connectivity index (χ4n) is 3.23. The number of rotatable bonds is 1. The zero-order chi connectivity index (χ0) is 12.5. The van der Waals surface area contributed by atoms with E-state index in [-0.39, 0.29) is 0 Å². The Morgan fingerprint density at radius 2 is 1.94 bits per heavy atom. The molecule has 0 atom stereocenters. The van der Waals surface area contributed by atoms with E-state index in [2.05, 4.69) is 29.8 Å². The molecule has 1 aliphatic rings. The SMILES string of the molecule is Cn1c(C2CCCCC2)cc2cc(C#N)ccc21. The minimum absolute atomic E-state index is 0.710. The molecular weight excluding hydrogens is 220 g/mol. The van der Waals surface area contributed by atoms with Crippen LogP contribution in [0.15, 0.2) is 24.3 Å². The third-order valence-corrected chi connectivity index (χ3v) is 4.23. The largest absolute Gasteiger partial charge is 0.347 e. The van der Waals surface area contributed by atoms with Crippen molar-refractivity contribution in [2.75, 3.05) is 0 Å². The molecule has 0 radical (unpaired) electrons. The Bertz CT molecular complexity index is 610. The quantitative estimate of drug-likeness (QED) is 0.735. The molecule has 2 aromatic rings. The van der Waals surface area contributed by atoms with Gasteiger partial charge in [-0.25, -0.2) is 0 Å². The number of hydrogen-bond donors (Lipinski definition) is 0. The molecule has 0 aliphatic heterocycles. The highest BCUT2D eigenvalue weighted by molar-refractivity contribution is 5.82. The van der Waals surface area contributed by atoms with E-state index >= 15 is 0 Å². The van der Waals surface area contributed by atoms with Gasteiger partial charge in [-0.3, -0.25) is 0 Å². The second kappa shape index (κ2) is 4.49. The van der Waals surface area contributed by atoms with Crippen LogP contribution in [0.1, 0.15) is 49.3 Å². The van der Waals surface area contributed by atoms with Crippen LogP contribution in [0.3, 0.4) is 0 Å². The van der Waals surface area contributed by atoms with E-state index in [9.17, 15) is 0 Å². The van der Waals surface area contributed by atoms with Crippen molar-refractivity contribution in [1.82, 2.24) is 4.57 Å². The molecule has 0 spiro atoms. The molecule has 0 saturated heterocycles. The lowest BCUT2D eigenvalue weighted by molar-refractivity contribution is 0.430. The zero-order valence-corrected chi connectivity index (χ0v) is 10.8. The summed E-state index contributed by atoms with van der Waals surface area (Å²) < 4.78 is 2.31. The molecule has 92 valence electrons. The van der Waals surface area contributed by atoms with Gasteiger partial charge < -0.3 is 4.57 Å². The van der Waals surface area contributed by atoms with E-state index in [1.165, 1.54) is 48.7 Å². The van der Waals surface area contributed by atoms with Crippen molar-refractivity contribution in [3.8, 4) is 6.07 Å². The van der Waals surface area contributed by atoms with Crippen molar-refractivity contribution in [3.05, 3.63) is 35.5 Å². The molecule has 2 nitrogen and oxygen atoms in total. The second-order valence-electron chi connectivity index (χ2n) is 5.35. The van der Waals surface area contributed by atoms with Crippen LogP contribution in [0.25, 0.3) is 10.9 Å². The summed E-state index contributed by atoms with van der Waals surface area (Å²) in [6, 6.07) is 10.5. The molecule has 0 bridgehead atoms. The molecular formula is C16H18N2. The van der Waals surface area contributed by atoms with Gasteiger partial charge in [-0.1, -0.05) is 19.3 Å². The Kier molecular flexibility index (Phi) is 2.83. The van der Waals surface area contributed by atoms with Crippen molar-refractivity contribution in [3.63, 3.8) is 0 Å². The number of nitrogens with zero attached hydrogens (tertiary/aromatic N) is 2. The van der Waals surface area contributed by atoms with Crippen LogP contribution in [0.2, 0.25) is 0 Å². The maximum absolute atomic E-state index is 8.97. The number of aromatic nitrogens is 1. The third kappa shape index (κ3) is 1.80. The Hall–Kier alpha value is -1.75. The first-order chi connectivity index (χ1) is 8.79. The fraction of sp³-hybridized carbons (Fsp3) is 0.438. The van der Waals surface area contributed by atoms with E-state index in [0.29, 0.717) is 5.92 Å². The summed E-state index contributed by atoms with van der Waals surface area (Å²) in [6.07, 6.45) is 6.73. The summed E-state index contributed by atoms with van der Waals surface area (Å²) in [6.45, 7) is 0. The minimum atomic E-state index is 0.710. The molecule has 18 heavy (non-hydrogen) atoms. The average molecular weight is 238 g/mol. The number of hydrogen-bond acceptors (Lipinski definition) is 1. The van der Waals surface area contributed by atoms with Crippen LogP contribution < -0.4 is 0 Å². The normalized spacial score (nSPS) is 16.9. The zero-order valence-electron chi connectivity index (χ0n) is 10.8. The molecule has 2 heteroatoms. The van der Waals surface area contributed by atoms with Crippen molar-refractivity contribution >= 4 is 10.9 Å². The van der Waals surface area contributed by atoms with E-state index in [1.807, 2.05) is 12.1 Å². The van der Waals surface area contributed by atoms with E-state index in [0.717, 1.165) is 5.56 Å². The lowest BCUT2D eigenvalue weighted by atomic mass is 9.87. The first-order valence-electron chi connectivity index (χ1n) is 6.79. The number of nitriles is 1. The Morgan fingerprint density at radius 3 is 2.67 bits per heavy atom. The van der Waals surface area contributed by atoms with Gasteiger partial charge in [0, 0.05) is 23.6 Å². The first kappa shape index (κ1) is 11.3. The predicted octanol–water partition coefficient (Wildman–Crippen LogP) is 4.10. The topological polar surface area (TPSA) is 28.7 Å². The van der Waals surface area contributed by atoms with Gasteiger partial charge in [0.05, 0.1) is 11.6 Å². The molecule has 1 aliphatic carbocycles. The van der Waals surface area contributed by atoms with Crippen LogP contribution in [0.5, 0.6) is 0 Å². The summed E-state index contributed by atoms with van der Waals surface area (Å²) in [4.78, 5) is 0. The van der Waals surface area contributed by atoms with Gasteiger partial charge in [0.2, 0.25) is 0 Å². The Labute approximate surface area is 108 Å². The molecule has 0 amide bonds. The molecule has 1 saturated carbocycles. The van der Waals surface area contributed by atoms with Crippen LogP contribution >= 0.6 is 0 Å². The number of fused-ring (bicyclic) bond motifs is 1. The summed E-state index contributed by atoms with van der Waals surface area (Å²) >= 11 is 0. The van der Waals surface area contributed by atoms with Gasteiger partial charge in [-0.05, 0) is 43.0 Å². The van der Waals surface area contributed by atoms with Crippen LogP contribution in [-0.4, -0.2) is 4.57 Å². The molecule has 0 N–H and O–H groups in total. The Balaban J connectivity index is 2.07.